The fourth-order valence-electron chi connectivity index (χ4n) is 9.96. The van der Waals surface area contributed by atoms with Crippen LogP contribution >= 0.6 is 0 Å². The number of nitrogens with one attached hydrogen (secondary N) is 2. The molecule has 5 heterocycles. The van der Waals surface area contributed by atoms with E-state index in [1.165, 1.54) is 55.6 Å². The second-order valence-electron chi connectivity index (χ2n) is 16.9. The number of benzene rings is 4. The Bertz CT molecular complexity index is 3200. The van der Waals surface area contributed by atoms with E-state index in [-0.39, 0.29) is 0 Å². The molecule has 0 atom stereocenters. The molecule has 8 bridgehead atoms. The SMILES string of the molecule is C#Cc1cc(C#C)cc(-c2c3nc(c(-c4c(C)cc(C)cc4C)c4ccc([nH]4)c(-c4c(C)cc(C)cc4C)c4nc(c(-c5c(C)cc(C)cc5C)c5ccc2[nH]5)C=C4)C=C3)c1. The van der Waals surface area contributed by atoms with Crippen LogP contribution in [0.4, 0.5) is 0 Å². The van der Waals surface area contributed by atoms with E-state index in [4.69, 9.17) is 22.8 Å². The number of aromatic amines is 2. The fraction of sp³-hybridized carbons (Fsp3) is 0.158. The molecular weight excluding hydrogens is 741 g/mol. The van der Waals surface area contributed by atoms with Crippen molar-refractivity contribution in [2.75, 3.05) is 0 Å². The molecule has 2 N–H and O–H groups in total. The first-order valence-electron chi connectivity index (χ1n) is 20.8. The summed E-state index contributed by atoms with van der Waals surface area (Å²) in [6.07, 6.45) is 20.7. The van der Waals surface area contributed by atoms with Gasteiger partial charge in [0.2, 0.25) is 0 Å². The summed E-state index contributed by atoms with van der Waals surface area (Å²) in [5.74, 6) is 5.67. The molecule has 0 spiro atoms. The van der Waals surface area contributed by atoms with Crippen LogP contribution in [0.2, 0.25) is 0 Å². The van der Waals surface area contributed by atoms with Crippen molar-refractivity contribution in [2.45, 2.75) is 62.3 Å². The standard InChI is InChI=1S/C57H48N4/c1-12-40-28-41(13-2)30-42(29-40)54-43-14-16-45(58-43)55(51-34(6)22-31(3)23-35(51)7)47-18-20-49(60-47)57(53-38(10)26-33(5)27-39(53)11)50-21-19-48(61-50)56(46-17-15-44(54)59-46)52-36(8)24-32(4)25-37(52)9/h1-2,14-30,58,61H,3-11H3. The third kappa shape index (κ3) is 6.81. The van der Waals surface area contributed by atoms with Crippen molar-refractivity contribution in [3.63, 3.8) is 0 Å². The molecule has 0 radical (unpaired) electrons. The number of hydrogen-bond acceptors (Lipinski definition) is 2. The summed E-state index contributed by atoms with van der Waals surface area (Å²) in [7, 11) is 0. The highest BCUT2D eigenvalue weighted by Crippen LogP contribution is 2.42. The average molecular weight is 789 g/mol. The zero-order chi connectivity index (χ0) is 42.9. The maximum Gasteiger partial charge on any atom is 0.0737 e. The van der Waals surface area contributed by atoms with E-state index in [1.807, 2.05) is 18.2 Å². The predicted octanol–water partition coefficient (Wildman–Crippen LogP) is 14.1. The Balaban J connectivity index is 1.54. The lowest BCUT2D eigenvalue weighted by Crippen LogP contribution is -1.96. The van der Waals surface area contributed by atoms with Crippen LogP contribution in [0.1, 0.15) is 84.0 Å². The third-order valence-corrected chi connectivity index (χ3v) is 12.1. The number of fused-ring (bicyclic) bond motifs is 8. The minimum absolute atomic E-state index is 0.707. The highest BCUT2D eigenvalue weighted by atomic mass is 14.8. The van der Waals surface area contributed by atoms with Crippen LogP contribution in [0.3, 0.4) is 0 Å². The Morgan fingerprint density at radius 2 is 0.639 bits per heavy atom. The van der Waals surface area contributed by atoms with Crippen LogP contribution in [0, 0.1) is 87.0 Å². The van der Waals surface area contributed by atoms with Gasteiger partial charge < -0.3 is 9.97 Å². The Hall–Kier alpha value is -7.40. The van der Waals surface area contributed by atoms with Crippen molar-refractivity contribution in [2.24, 2.45) is 0 Å². The molecule has 0 amide bonds. The van der Waals surface area contributed by atoms with E-state index in [0.717, 1.165) is 83.8 Å². The Morgan fingerprint density at radius 1 is 0.361 bits per heavy atom. The van der Waals surface area contributed by atoms with Crippen molar-refractivity contribution >= 4 is 46.4 Å². The lowest BCUT2D eigenvalue weighted by molar-refractivity contribution is 1.27. The normalized spacial score (nSPS) is 11.9. The monoisotopic (exact) mass is 788 g/mol. The summed E-state index contributed by atoms with van der Waals surface area (Å²) in [4.78, 5) is 19.0. The first kappa shape index (κ1) is 39.1. The maximum absolute atomic E-state index is 6.04. The third-order valence-electron chi connectivity index (χ3n) is 12.1. The zero-order valence-corrected chi connectivity index (χ0v) is 36.4. The summed E-state index contributed by atoms with van der Waals surface area (Å²) in [5, 5.41) is 0. The quantitative estimate of drug-likeness (QED) is 0.175. The van der Waals surface area contributed by atoms with Crippen molar-refractivity contribution in [1.82, 2.24) is 19.9 Å². The molecule has 0 fully saturated rings. The minimum Gasteiger partial charge on any atom is -0.354 e. The molecule has 3 aromatic heterocycles. The minimum atomic E-state index is 0.707. The molecule has 0 saturated heterocycles. The van der Waals surface area contributed by atoms with Gasteiger partial charge in [-0.2, -0.15) is 0 Å². The van der Waals surface area contributed by atoms with Crippen molar-refractivity contribution in [1.29, 1.82) is 0 Å². The lowest BCUT2D eigenvalue weighted by Gasteiger charge is -2.14. The van der Waals surface area contributed by atoms with Gasteiger partial charge in [-0.15, -0.1) is 12.8 Å². The summed E-state index contributed by atoms with van der Waals surface area (Å²) in [6.45, 7) is 19.6. The summed E-state index contributed by atoms with van der Waals surface area (Å²) >= 11 is 0. The van der Waals surface area contributed by atoms with Gasteiger partial charge >= 0.3 is 0 Å². The molecule has 7 aromatic rings. The Kier molecular flexibility index (Phi) is 9.62. The van der Waals surface area contributed by atoms with Crippen molar-refractivity contribution in [3.05, 3.63) is 163 Å². The van der Waals surface area contributed by atoms with Gasteiger partial charge in [0.1, 0.15) is 0 Å². The maximum atomic E-state index is 6.04. The van der Waals surface area contributed by atoms with E-state index in [1.54, 1.807) is 0 Å². The Morgan fingerprint density at radius 3 is 0.934 bits per heavy atom. The first-order chi connectivity index (χ1) is 29.3. The smallest absolute Gasteiger partial charge is 0.0737 e. The lowest BCUT2D eigenvalue weighted by atomic mass is 9.92. The topological polar surface area (TPSA) is 57.4 Å². The number of hydrogen-bond donors (Lipinski definition) is 2. The van der Waals surface area contributed by atoms with E-state index >= 15 is 0 Å². The van der Waals surface area contributed by atoms with Gasteiger partial charge in [-0.05, 0) is 185 Å². The van der Waals surface area contributed by atoms with Gasteiger partial charge in [0, 0.05) is 55.4 Å². The predicted molar refractivity (Wildman–Crippen MR) is 259 cm³/mol. The molecule has 296 valence electrons. The van der Waals surface area contributed by atoms with Crippen LogP contribution in [0.25, 0.3) is 90.9 Å². The molecule has 2 aliphatic rings. The van der Waals surface area contributed by atoms with Crippen LogP contribution < -0.4 is 0 Å². The molecule has 0 aliphatic carbocycles. The average Bonchev–Trinajstić information content (AvgIpc) is 4.05. The highest BCUT2D eigenvalue weighted by molar-refractivity contribution is 6.01. The molecular formula is C57H48N4. The number of rotatable bonds is 4. The van der Waals surface area contributed by atoms with E-state index in [9.17, 15) is 0 Å². The second kappa shape index (κ2) is 15.0. The molecule has 4 aromatic carbocycles. The van der Waals surface area contributed by atoms with Crippen LogP contribution in [-0.2, 0) is 0 Å². The first-order valence-corrected chi connectivity index (χ1v) is 20.8. The fourth-order valence-corrected chi connectivity index (χ4v) is 9.96. The van der Waals surface area contributed by atoms with Crippen molar-refractivity contribution < 1.29 is 0 Å². The van der Waals surface area contributed by atoms with Gasteiger partial charge in [0.15, 0.2) is 0 Å². The number of nitrogens with zero attached hydrogens (tertiary/aromatic N) is 2. The molecule has 4 heteroatoms. The van der Waals surface area contributed by atoms with Gasteiger partial charge in [0.25, 0.3) is 0 Å². The molecule has 9 rings (SSSR count). The van der Waals surface area contributed by atoms with E-state index in [2.05, 4.69) is 169 Å². The molecule has 61 heavy (non-hydrogen) atoms. The number of aromatic nitrogens is 4. The largest absolute Gasteiger partial charge is 0.354 e. The highest BCUT2D eigenvalue weighted by Gasteiger charge is 2.23. The van der Waals surface area contributed by atoms with Crippen LogP contribution in [0.15, 0.2) is 78.9 Å². The number of aryl methyl sites for hydroxylation is 9. The summed E-state index contributed by atoms with van der Waals surface area (Å²) in [6, 6.07) is 28.2. The summed E-state index contributed by atoms with van der Waals surface area (Å²) < 4.78 is 0. The van der Waals surface area contributed by atoms with Crippen LogP contribution in [-0.4, -0.2) is 19.9 Å². The summed E-state index contributed by atoms with van der Waals surface area (Å²) in [5.41, 5.74) is 27.8. The van der Waals surface area contributed by atoms with Gasteiger partial charge in [-0.25, -0.2) is 9.97 Å². The molecule has 0 saturated carbocycles. The van der Waals surface area contributed by atoms with Gasteiger partial charge in [0.05, 0.1) is 22.8 Å². The van der Waals surface area contributed by atoms with Gasteiger partial charge in [-0.3, -0.25) is 0 Å². The van der Waals surface area contributed by atoms with E-state index in [0.29, 0.717) is 11.1 Å². The zero-order valence-electron chi connectivity index (χ0n) is 36.4. The second-order valence-corrected chi connectivity index (χ2v) is 16.9. The van der Waals surface area contributed by atoms with Gasteiger partial charge in [-0.1, -0.05) is 64.9 Å². The number of terminal acetylenes is 2. The van der Waals surface area contributed by atoms with E-state index < -0.39 is 0 Å². The molecule has 0 unspecified atom stereocenters. The molecule has 2 aliphatic heterocycles. The molecule has 4 nitrogen and oxygen atoms in total. The van der Waals surface area contributed by atoms with Crippen molar-refractivity contribution in [3.8, 4) is 69.2 Å². The Labute approximate surface area is 359 Å². The van der Waals surface area contributed by atoms with Crippen LogP contribution in [0.5, 0.6) is 0 Å². The number of H-pyrrole nitrogens is 2.